The Morgan fingerprint density at radius 2 is 2.25 bits per heavy atom. The standard InChI is InChI=1S/C7H10O/c1-3-4-5-7-6(2)8-7/h3-6H,1-2H3/b4-3+,7-5+. The lowest BCUT2D eigenvalue weighted by Gasteiger charge is -1.62. The van der Waals surface area contributed by atoms with Gasteiger partial charge in [0.05, 0.1) is 0 Å². The summed E-state index contributed by atoms with van der Waals surface area (Å²) in [5, 5.41) is 0. The van der Waals surface area contributed by atoms with Gasteiger partial charge in [0.15, 0.2) is 6.10 Å². The Bertz CT molecular complexity index is 133. The quantitative estimate of drug-likeness (QED) is 0.469. The van der Waals surface area contributed by atoms with Gasteiger partial charge in [-0.15, -0.1) is 0 Å². The van der Waals surface area contributed by atoms with Crippen LogP contribution < -0.4 is 0 Å². The van der Waals surface area contributed by atoms with Crippen molar-refractivity contribution in [2.45, 2.75) is 20.0 Å². The van der Waals surface area contributed by atoms with Crippen LogP contribution in [0.25, 0.3) is 0 Å². The molecule has 1 heterocycles. The third kappa shape index (κ3) is 1.12. The van der Waals surface area contributed by atoms with Crippen LogP contribution in [-0.4, -0.2) is 6.10 Å². The van der Waals surface area contributed by atoms with E-state index in [4.69, 9.17) is 4.74 Å². The zero-order chi connectivity index (χ0) is 5.98. The molecule has 0 aromatic heterocycles. The van der Waals surface area contributed by atoms with Crippen LogP contribution in [0.15, 0.2) is 24.0 Å². The maximum Gasteiger partial charge on any atom is 0.152 e. The molecule has 1 aliphatic rings. The second-order valence-electron chi connectivity index (χ2n) is 1.85. The van der Waals surface area contributed by atoms with E-state index in [0.29, 0.717) is 6.10 Å². The summed E-state index contributed by atoms with van der Waals surface area (Å²) in [5.74, 6) is 1.10. The molecule has 1 unspecified atom stereocenters. The molecule has 0 amide bonds. The van der Waals surface area contributed by atoms with Crippen molar-refractivity contribution in [3.63, 3.8) is 0 Å². The van der Waals surface area contributed by atoms with Crippen molar-refractivity contribution in [1.29, 1.82) is 0 Å². The van der Waals surface area contributed by atoms with Crippen LogP contribution in [0, 0.1) is 0 Å². The first-order valence-corrected chi connectivity index (χ1v) is 2.84. The molecule has 1 atom stereocenters. The lowest BCUT2D eigenvalue weighted by molar-refractivity contribution is 0.445. The zero-order valence-corrected chi connectivity index (χ0v) is 5.22. The summed E-state index contributed by atoms with van der Waals surface area (Å²) in [6.07, 6.45) is 6.34. The van der Waals surface area contributed by atoms with E-state index in [2.05, 4.69) is 0 Å². The Morgan fingerprint density at radius 3 is 2.62 bits per heavy atom. The van der Waals surface area contributed by atoms with Gasteiger partial charge in [-0.1, -0.05) is 12.2 Å². The Kier molecular flexibility index (Phi) is 1.38. The second kappa shape index (κ2) is 2.03. The van der Waals surface area contributed by atoms with Gasteiger partial charge in [-0.3, -0.25) is 0 Å². The molecule has 1 fully saturated rings. The van der Waals surface area contributed by atoms with Gasteiger partial charge < -0.3 is 4.74 Å². The van der Waals surface area contributed by atoms with Gasteiger partial charge in [0, 0.05) is 0 Å². The monoisotopic (exact) mass is 110 g/mol. The molecule has 0 N–H and O–H groups in total. The minimum atomic E-state index is 0.381. The Hall–Kier alpha value is -0.720. The predicted molar refractivity (Wildman–Crippen MR) is 33.4 cm³/mol. The van der Waals surface area contributed by atoms with Crippen molar-refractivity contribution in [1.82, 2.24) is 0 Å². The number of rotatable bonds is 1. The minimum Gasteiger partial charge on any atom is -0.483 e. The molecule has 1 saturated heterocycles. The van der Waals surface area contributed by atoms with E-state index >= 15 is 0 Å². The van der Waals surface area contributed by atoms with Gasteiger partial charge in [-0.25, -0.2) is 0 Å². The molecule has 1 aliphatic heterocycles. The van der Waals surface area contributed by atoms with E-state index < -0.39 is 0 Å². The molecule has 1 heteroatoms. The third-order valence-electron chi connectivity index (χ3n) is 1.11. The smallest absolute Gasteiger partial charge is 0.152 e. The highest BCUT2D eigenvalue weighted by molar-refractivity contribution is 5.18. The van der Waals surface area contributed by atoms with Crippen molar-refractivity contribution in [3.05, 3.63) is 24.0 Å². The summed E-state index contributed by atoms with van der Waals surface area (Å²) in [7, 11) is 0. The summed E-state index contributed by atoms with van der Waals surface area (Å²) in [5.41, 5.74) is 0. The zero-order valence-electron chi connectivity index (χ0n) is 5.22. The van der Waals surface area contributed by atoms with Crippen molar-refractivity contribution >= 4 is 0 Å². The van der Waals surface area contributed by atoms with Crippen LogP contribution in [0.1, 0.15) is 13.8 Å². The molecule has 0 aromatic rings. The molecule has 0 saturated carbocycles. The van der Waals surface area contributed by atoms with Crippen molar-refractivity contribution in [3.8, 4) is 0 Å². The van der Waals surface area contributed by atoms with E-state index in [1.54, 1.807) is 0 Å². The van der Waals surface area contributed by atoms with Gasteiger partial charge in [-0.05, 0) is 19.9 Å². The van der Waals surface area contributed by atoms with Crippen LogP contribution in [0.3, 0.4) is 0 Å². The number of ether oxygens (including phenoxy) is 1. The lowest BCUT2D eigenvalue weighted by Crippen LogP contribution is -1.61. The Morgan fingerprint density at radius 1 is 1.62 bits per heavy atom. The fraction of sp³-hybridized carbons (Fsp3) is 0.429. The van der Waals surface area contributed by atoms with Crippen molar-refractivity contribution in [2.24, 2.45) is 0 Å². The summed E-state index contributed by atoms with van der Waals surface area (Å²) in [6, 6.07) is 0. The summed E-state index contributed by atoms with van der Waals surface area (Å²) in [4.78, 5) is 0. The molecular formula is C7H10O. The maximum atomic E-state index is 5.03. The third-order valence-corrected chi connectivity index (χ3v) is 1.11. The molecule has 44 valence electrons. The van der Waals surface area contributed by atoms with E-state index in [0.717, 1.165) is 5.76 Å². The SMILES string of the molecule is C/C=C/C=C1/OC1C. The summed E-state index contributed by atoms with van der Waals surface area (Å²) in [6.45, 7) is 4.03. The second-order valence-corrected chi connectivity index (χ2v) is 1.85. The summed E-state index contributed by atoms with van der Waals surface area (Å²) < 4.78 is 5.03. The van der Waals surface area contributed by atoms with Crippen molar-refractivity contribution in [2.75, 3.05) is 0 Å². The average molecular weight is 110 g/mol. The van der Waals surface area contributed by atoms with Crippen LogP contribution >= 0.6 is 0 Å². The van der Waals surface area contributed by atoms with E-state index in [1.165, 1.54) is 0 Å². The number of epoxide rings is 1. The fourth-order valence-corrected chi connectivity index (χ4v) is 0.536. The predicted octanol–water partition coefficient (Wildman–Crippen LogP) is 1.87. The molecule has 8 heavy (non-hydrogen) atoms. The van der Waals surface area contributed by atoms with Crippen LogP contribution in [0.4, 0.5) is 0 Å². The van der Waals surface area contributed by atoms with Crippen LogP contribution in [0.5, 0.6) is 0 Å². The minimum absolute atomic E-state index is 0.381. The highest BCUT2D eigenvalue weighted by Gasteiger charge is 2.24. The van der Waals surface area contributed by atoms with Gasteiger partial charge in [0.1, 0.15) is 5.76 Å². The number of allylic oxidation sites excluding steroid dienone is 3. The molecule has 0 radical (unpaired) electrons. The molecule has 1 nitrogen and oxygen atoms in total. The van der Waals surface area contributed by atoms with Crippen LogP contribution in [0.2, 0.25) is 0 Å². The van der Waals surface area contributed by atoms with Gasteiger partial charge in [0.2, 0.25) is 0 Å². The topological polar surface area (TPSA) is 12.5 Å². The fourth-order valence-electron chi connectivity index (χ4n) is 0.536. The van der Waals surface area contributed by atoms with Crippen molar-refractivity contribution < 1.29 is 4.74 Å². The molecule has 0 bridgehead atoms. The number of hydrogen-bond donors (Lipinski definition) is 0. The lowest BCUT2D eigenvalue weighted by atomic mass is 10.4. The molecule has 0 aromatic carbocycles. The first-order chi connectivity index (χ1) is 3.84. The maximum absolute atomic E-state index is 5.03. The van der Waals surface area contributed by atoms with E-state index in [-0.39, 0.29) is 0 Å². The molecule has 1 rings (SSSR count). The Balaban J connectivity index is 2.36. The molecule has 0 spiro atoms. The van der Waals surface area contributed by atoms with Gasteiger partial charge in [0.25, 0.3) is 0 Å². The highest BCUT2D eigenvalue weighted by atomic mass is 16.6. The molecule has 0 aliphatic carbocycles. The highest BCUT2D eigenvalue weighted by Crippen LogP contribution is 2.25. The normalized spacial score (nSPS) is 31.2. The first kappa shape index (κ1) is 5.42. The molecular weight excluding hydrogens is 100 g/mol. The largest absolute Gasteiger partial charge is 0.483 e. The number of hydrogen-bond acceptors (Lipinski definition) is 1. The van der Waals surface area contributed by atoms with Gasteiger partial charge >= 0.3 is 0 Å². The van der Waals surface area contributed by atoms with Crippen LogP contribution in [-0.2, 0) is 4.74 Å². The van der Waals surface area contributed by atoms with Gasteiger partial charge in [-0.2, -0.15) is 0 Å². The van der Waals surface area contributed by atoms with E-state index in [9.17, 15) is 0 Å². The average Bonchev–Trinajstić information content (AvgIpc) is 2.42. The summed E-state index contributed by atoms with van der Waals surface area (Å²) >= 11 is 0. The first-order valence-electron chi connectivity index (χ1n) is 2.84. The Labute approximate surface area is 49.7 Å². The van der Waals surface area contributed by atoms with E-state index in [1.807, 2.05) is 32.1 Å².